The Morgan fingerprint density at radius 1 is 1.47 bits per heavy atom. The van der Waals surface area contributed by atoms with Crippen LogP contribution >= 0.6 is 15.9 Å². The second kappa shape index (κ2) is 4.73. The number of sulfonamides is 1. The van der Waals surface area contributed by atoms with E-state index in [1.54, 1.807) is 0 Å². The summed E-state index contributed by atoms with van der Waals surface area (Å²) in [5.41, 5.74) is 0. The van der Waals surface area contributed by atoms with Crippen LogP contribution < -0.4 is 0 Å². The van der Waals surface area contributed by atoms with E-state index in [-0.39, 0.29) is 10.7 Å². The monoisotopic (exact) mass is 317 g/mol. The Morgan fingerprint density at radius 2 is 2.24 bits per heavy atom. The first-order valence-electron chi connectivity index (χ1n) is 5.27. The molecular formula is C10H12BrN3O2S. The van der Waals surface area contributed by atoms with Crippen molar-refractivity contribution in [3.63, 3.8) is 0 Å². The van der Waals surface area contributed by atoms with E-state index in [0.717, 1.165) is 12.8 Å². The molecule has 1 aliphatic heterocycles. The second-order valence-electron chi connectivity index (χ2n) is 3.69. The topological polar surface area (TPSA) is 62.6 Å². The Hall–Kier alpha value is -0.950. The molecule has 0 aromatic carbocycles. The van der Waals surface area contributed by atoms with Crippen molar-refractivity contribution in [1.82, 2.24) is 9.29 Å². The van der Waals surface area contributed by atoms with Gasteiger partial charge in [-0.1, -0.05) is 13.3 Å². The van der Waals surface area contributed by atoms with E-state index in [1.165, 1.54) is 22.9 Å². The largest absolute Gasteiger partial charge is 0.268 e. The summed E-state index contributed by atoms with van der Waals surface area (Å²) in [6.45, 7) is 2.47. The van der Waals surface area contributed by atoms with Gasteiger partial charge in [0.05, 0.1) is 0 Å². The molecule has 2 rings (SSSR count). The molecule has 17 heavy (non-hydrogen) atoms. The van der Waals surface area contributed by atoms with Gasteiger partial charge >= 0.3 is 0 Å². The molecule has 0 N–H and O–H groups in total. The molecule has 2 heterocycles. The number of hydrogen-bond donors (Lipinski definition) is 0. The minimum atomic E-state index is -3.49. The van der Waals surface area contributed by atoms with Crippen LogP contribution in [0.25, 0.3) is 0 Å². The normalized spacial score (nSPS) is 16.9. The molecule has 1 aliphatic rings. The fraction of sp³-hybridized carbons (Fsp3) is 0.400. The van der Waals surface area contributed by atoms with Gasteiger partial charge in [-0.3, -0.25) is 4.31 Å². The molecule has 7 heteroatoms. The summed E-state index contributed by atoms with van der Waals surface area (Å²) in [7, 11) is -3.49. The lowest BCUT2D eigenvalue weighted by Crippen LogP contribution is -2.33. The molecule has 0 saturated heterocycles. The quantitative estimate of drug-likeness (QED) is 0.859. The van der Waals surface area contributed by atoms with Crippen LogP contribution in [0.5, 0.6) is 0 Å². The number of hydrogen-bond acceptors (Lipinski definition) is 4. The highest BCUT2D eigenvalue weighted by atomic mass is 79.9. The van der Waals surface area contributed by atoms with Crippen LogP contribution in [0.3, 0.4) is 0 Å². The lowest BCUT2D eigenvalue weighted by atomic mass is 10.3. The number of halogens is 1. The third-order valence-corrected chi connectivity index (χ3v) is 4.61. The fourth-order valence-corrected chi connectivity index (χ4v) is 3.39. The van der Waals surface area contributed by atoms with Crippen LogP contribution in [0.1, 0.15) is 19.8 Å². The minimum Gasteiger partial charge on any atom is -0.256 e. The van der Waals surface area contributed by atoms with Crippen LogP contribution in [-0.2, 0) is 10.0 Å². The fourth-order valence-electron chi connectivity index (χ4n) is 1.50. The van der Waals surface area contributed by atoms with Crippen molar-refractivity contribution in [3.05, 3.63) is 16.7 Å². The van der Waals surface area contributed by atoms with Gasteiger partial charge in [0.2, 0.25) is 0 Å². The molecule has 0 radical (unpaired) electrons. The summed E-state index contributed by atoms with van der Waals surface area (Å²) in [6.07, 6.45) is 4.62. The standard InChI is InChI=1S/C10H12BrN3O2S/c1-2-3-4-14-7-13-10-9(17(14,15)16)5-8(11)6-12-10/h5-7H,2-4H2,1H3. The van der Waals surface area contributed by atoms with Crippen molar-refractivity contribution in [2.24, 2.45) is 4.99 Å². The van der Waals surface area contributed by atoms with Gasteiger partial charge in [0.1, 0.15) is 11.2 Å². The predicted molar refractivity (Wildman–Crippen MR) is 68.9 cm³/mol. The summed E-state index contributed by atoms with van der Waals surface area (Å²) in [6, 6.07) is 1.53. The Labute approximate surface area is 109 Å². The number of pyridine rings is 1. The number of aromatic nitrogens is 1. The number of aliphatic imine (C=N–C) groups is 1. The molecule has 0 fully saturated rings. The summed E-state index contributed by atoms with van der Waals surface area (Å²) in [5, 5.41) is 0. The average molecular weight is 318 g/mol. The van der Waals surface area contributed by atoms with E-state index in [2.05, 4.69) is 25.9 Å². The maximum Gasteiger partial charge on any atom is 0.268 e. The lowest BCUT2D eigenvalue weighted by molar-refractivity contribution is 0.512. The van der Waals surface area contributed by atoms with Crippen LogP contribution in [0.4, 0.5) is 5.82 Å². The predicted octanol–water partition coefficient (Wildman–Crippen LogP) is 2.31. The molecular weight excluding hydrogens is 306 g/mol. The van der Waals surface area contributed by atoms with Gasteiger partial charge in [-0.15, -0.1) is 0 Å². The third-order valence-electron chi connectivity index (χ3n) is 2.43. The van der Waals surface area contributed by atoms with Crippen molar-refractivity contribution in [3.8, 4) is 0 Å². The first-order chi connectivity index (χ1) is 8.05. The molecule has 92 valence electrons. The Kier molecular flexibility index (Phi) is 3.48. The highest BCUT2D eigenvalue weighted by Crippen LogP contribution is 2.30. The zero-order chi connectivity index (χ0) is 12.5. The maximum atomic E-state index is 12.2. The Balaban J connectivity index is 2.43. The molecule has 1 aromatic heterocycles. The van der Waals surface area contributed by atoms with Crippen LogP contribution in [0.15, 0.2) is 26.6 Å². The van der Waals surface area contributed by atoms with E-state index in [0.29, 0.717) is 11.0 Å². The SMILES string of the molecule is CCCCN1C=Nc2ncc(Br)cc2S1(=O)=O. The van der Waals surface area contributed by atoms with Gasteiger partial charge in [0, 0.05) is 17.2 Å². The van der Waals surface area contributed by atoms with E-state index in [1.807, 2.05) is 6.92 Å². The van der Waals surface area contributed by atoms with E-state index in [9.17, 15) is 8.42 Å². The number of rotatable bonds is 3. The van der Waals surface area contributed by atoms with Crippen molar-refractivity contribution < 1.29 is 8.42 Å². The van der Waals surface area contributed by atoms with Gasteiger partial charge in [0.25, 0.3) is 10.0 Å². The van der Waals surface area contributed by atoms with E-state index >= 15 is 0 Å². The van der Waals surface area contributed by atoms with Crippen molar-refractivity contribution in [2.75, 3.05) is 6.54 Å². The number of fused-ring (bicyclic) bond motifs is 1. The highest BCUT2D eigenvalue weighted by Gasteiger charge is 2.29. The van der Waals surface area contributed by atoms with Crippen molar-refractivity contribution >= 4 is 38.1 Å². The molecule has 0 aliphatic carbocycles. The molecule has 0 unspecified atom stereocenters. The summed E-state index contributed by atoms with van der Waals surface area (Å²) >= 11 is 3.22. The summed E-state index contributed by atoms with van der Waals surface area (Å²) < 4.78 is 26.4. The van der Waals surface area contributed by atoms with Crippen LogP contribution in [0, 0.1) is 0 Å². The molecule has 5 nitrogen and oxygen atoms in total. The van der Waals surface area contributed by atoms with E-state index in [4.69, 9.17) is 0 Å². The number of nitrogens with zero attached hydrogens (tertiary/aromatic N) is 3. The Bertz CT molecular complexity index is 557. The smallest absolute Gasteiger partial charge is 0.256 e. The molecule has 0 amide bonds. The average Bonchev–Trinajstić information content (AvgIpc) is 2.29. The van der Waals surface area contributed by atoms with Gasteiger partial charge in [-0.25, -0.2) is 18.4 Å². The van der Waals surface area contributed by atoms with Gasteiger partial charge in [-0.2, -0.15) is 0 Å². The van der Waals surface area contributed by atoms with Gasteiger partial charge < -0.3 is 0 Å². The molecule has 0 spiro atoms. The first-order valence-corrected chi connectivity index (χ1v) is 7.50. The first kappa shape index (κ1) is 12.5. The Morgan fingerprint density at radius 3 is 2.94 bits per heavy atom. The van der Waals surface area contributed by atoms with Gasteiger partial charge in [-0.05, 0) is 28.4 Å². The zero-order valence-electron chi connectivity index (χ0n) is 9.30. The molecule has 0 saturated carbocycles. The maximum absolute atomic E-state index is 12.2. The summed E-state index contributed by atoms with van der Waals surface area (Å²) in [4.78, 5) is 8.19. The van der Waals surface area contributed by atoms with Crippen molar-refractivity contribution in [1.29, 1.82) is 0 Å². The third kappa shape index (κ3) is 2.35. The van der Waals surface area contributed by atoms with E-state index < -0.39 is 10.0 Å². The van der Waals surface area contributed by atoms with Gasteiger partial charge in [0.15, 0.2) is 5.82 Å². The van der Waals surface area contributed by atoms with Crippen LogP contribution in [-0.4, -0.2) is 30.6 Å². The van der Waals surface area contributed by atoms with Crippen molar-refractivity contribution in [2.45, 2.75) is 24.7 Å². The summed E-state index contributed by atoms with van der Waals surface area (Å²) in [5.74, 6) is 0.251. The second-order valence-corrected chi connectivity index (χ2v) is 6.46. The molecule has 0 bridgehead atoms. The highest BCUT2D eigenvalue weighted by molar-refractivity contribution is 9.10. The number of unbranched alkanes of at least 4 members (excludes halogenated alkanes) is 1. The lowest BCUT2D eigenvalue weighted by Gasteiger charge is -2.23. The van der Waals surface area contributed by atoms with Crippen LogP contribution in [0.2, 0.25) is 0 Å². The minimum absolute atomic E-state index is 0.158. The zero-order valence-corrected chi connectivity index (χ0v) is 11.7. The molecule has 1 aromatic rings. The molecule has 0 atom stereocenters.